The van der Waals surface area contributed by atoms with Crippen LogP contribution in [0.15, 0.2) is 35.1 Å². The largest absolute Gasteiger partial charge is 0.354 e. The highest BCUT2D eigenvalue weighted by Crippen LogP contribution is 2.04. The fourth-order valence-corrected chi connectivity index (χ4v) is 3.08. The highest BCUT2D eigenvalue weighted by molar-refractivity contribution is 5.87. The maximum Gasteiger partial charge on any atom is 0.346 e. The van der Waals surface area contributed by atoms with Gasteiger partial charge in [0, 0.05) is 13.1 Å². The molecule has 1 aromatic heterocycles. The van der Waals surface area contributed by atoms with Crippen LogP contribution in [0.3, 0.4) is 0 Å². The molecule has 1 aliphatic heterocycles. The maximum atomic E-state index is 12.5. The van der Waals surface area contributed by atoms with Crippen molar-refractivity contribution in [1.29, 1.82) is 0 Å². The van der Waals surface area contributed by atoms with Crippen molar-refractivity contribution in [3.8, 4) is 0 Å². The Bertz CT molecular complexity index is 840. The lowest BCUT2D eigenvalue weighted by Gasteiger charge is -2.22. The number of amides is 2. The maximum absolute atomic E-state index is 12.5. The third kappa shape index (κ3) is 4.19. The number of nitrogens with one attached hydrogen (secondary N) is 2. The Kier molecular flexibility index (Phi) is 5.50. The number of rotatable bonds is 6. The van der Waals surface area contributed by atoms with Crippen LogP contribution >= 0.6 is 0 Å². The van der Waals surface area contributed by atoms with Gasteiger partial charge in [0.15, 0.2) is 0 Å². The number of piperidine rings is 1. The minimum Gasteiger partial charge on any atom is -0.354 e. The second kappa shape index (κ2) is 7.99. The third-order valence-corrected chi connectivity index (χ3v) is 4.49. The van der Waals surface area contributed by atoms with Gasteiger partial charge in [-0.1, -0.05) is 30.3 Å². The molecule has 8 nitrogen and oxygen atoms in total. The topological polar surface area (TPSA) is 98.0 Å². The summed E-state index contributed by atoms with van der Waals surface area (Å²) in [5.41, 5.74) is 0.814. The third-order valence-electron chi connectivity index (χ3n) is 4.49. The molecule has 1 unspecified atom stereocenters. The van der Waals surface area contributed by atoms with E-state index in [2.05, 4.69) is 15.7 Å². The minimum absolute atomic E-state index is 0.179. The minimum atomic E-state index is -0.534. The highest BCUT2D eigenvalue weighted by atomic mass is 16.2. The van der Waals surface area contributed by atoms with E-state index >= 15 is 0 Å². The van der Waals surface area contributed by atoms with Gasteiger partial charge in [0.05, 0.1) is 0 Å². The summed E-state index contributed by atoms with van der Waals surface area (Å²) < 4.78 is 2.71. The first kappa shape index (κ1) is 17.9. The number of aromatic nitrogens is 3. The molecule has 8 heteroatoms. The van der Waals surface area contributed by atoms with E-state index in [-0.39, 0.29) is 24.0 Å². The summed E-state index contributed by atoms with van der Waals surface area (Å²) in [4.78, 5) is 36.4. The molecule has 2 amide bonds. The Hall–Kier alpha value is -2.90. The molecule has 0 spiro atoms. The van der Waals surface area contributed by atoms with E-state index in [4.69, 9.17) is 0 Å². The lowest BCUT2D eigenvalue weighted by molar-refractivity contribution is -0.130. The Morgan fingerprint density at radius 3 is 2.81 bits per heavy atom. The summed E-state index contributed by atoms with van der Waals surface area (Å²) in [5.74, 6) is -0.00230. The Labute approximate surface area is 151 Å². The van der Waals surface area contributed by atoms with Gasteiger partial charge in [-0.15, -0.1) is 0 Å². The molecule has 1 aromatic carbocycles. The molecule has 1 atom stereocenters. The van der Waals surface area contributed by atoms with E-state index in [1.807, 2.05) is 30.3 Å². The van der Waals surface area contributed by atoms with Gasteiger partial charge < -0.3 is 10.6 Å². The molecule has 0 aliphatic carbocycles. The molecule has 1 saturated heterocycles. The van der Waals surface area contributed by atoms with Crippen molar-refractivity contribution in [3.63, 3.8) is 0 Å². The summed E-state index contributed by atoms with van der Waals surface area (Å²) in [7, 11) is 0. The van der Waals surface area contributed by atoms with Crippen molar-refractivity contribution >= 4 is 11.8 Å². The zero-order chi connectivity index (χ0) is 18.5. The molecular weight excluding hydrogens is 334 g/mol. The zero-order valence-corrected chi connectivity index (χ0v) is 14.8. The van der Waals surface area contributed by atoms with Crippen molar-refractivity contribution in [2.45, 2.75) is 45.3 Å². The smallest absolute Gasteiger partial charge is 0.346 e. The number of hydrogen-bond acceptors (Lipinski definition) is 4. The fourth-order valence-electron chi connectivity index (χ4n) is 3.08. The second-order valence-corrected chi connectivity index (χ2v) is 6.43. The van der Waals surface area contributed by atoms with Gasteiger partial charge in [-0.05, 0) is 31.7 Å². The SMILES string of the molecule is Cc1nn(CC(=O)NC2CCCNC2=O)c(=O)n1CCc1ccccc1. The van der Waals surface area contributed by atoms with Gasteiger partial charge in [-0.3, -0.25) is 14.2 Å². The molecular formula is C18H23N5O3. The molecule has 2 N–H and O–H groups in total. The second-order valence-electron chi connectivity index (χ2n) is 6.43. The number of nitrogens with zero attached hydrogens (tertiary/aromatic N) is 3. The fraction of sp³-hybridized carbons (Fsp3) is 0.444. The van der Waals surface area contributed by atoms with Crippen LogP contribution in [0.2, 0.25) is 0 Å². The van der Waals surface area contributed by atoms with Crippen molar-refractivity contribution in [2.75, 3.05) is 6.54 Å². The molecule has 26 heavy (non-hydrogen) atoms. The number of hydrogen-bond donors (Lipinski definition) is 2. The van der Waals surface area contributed by atoms with E-state index in [9.17, 15) is 14.4 Å². The van der Waals surface area contributed by atoms with Gasteiger partial charge >= 0.3 is 5.69 Å². The Morgan fingerprint density at radius 1 is 1.31 bits per heavy atom. The summed E-state index contributed by atoms with van der Waals surface area (Å²) in [6.07, 6.45) is 2.14. The molecule has 0 bridgehead atoms. The van der Waals surface area contributed by atoms with Crippen LogP contribution in [0.5, 0.6) is 0 Å². The zero-order valence-electron chi connectivity index (χ0n) is 14.8. The molecule has 2 aromatic rings. The molecule has 3 rings (SSSR count). The summed E-state index contributed by atoms with van der Waals surface area (Å²) in [6.45, 7) is 2.69. The van der Waals surface area contributed by atoms with Crippen LogP contribution in [-0.2, 0) is 29.1 Å². The van der Waals surface area contributed by atoms with Gasteiger partial charge in [-0.25, -0.2) is 9.48 Å². The number of aryl methyl sites for hydroxylation is 2. The van der Waals surface area contributed by atoms with Crippen LogP contribution in [0.4, 0.5) is 0 Å². The van der Waals surface area contributed by atoms with Crippen molar-refractivity contribution < 1.29 is 9.59 Å². The van der Waals surface area contributed by atoms with E-state index in [0.29, 0.717) is 31.8 Å². The van der Waals surface area contributed by atoms with Crippen LogP contribution in [0.1, 0.15) is 24.2 Å². The van der Waals surface area contributed by atoms with Crippen molar-refractivity contribution in [2.24, 2.45) is 0 Å². The Morgan fingerprint density at radius 2 is 2.08 bits per heavy atom. The predicted molar refractivity (Wildman–Crippen MR) is 95.5 cm³/mol. The first-order valence-corrected chi connectivity index (χ1v) is 8.80. The average molecular weight is 357 g/mol. The lowest BCUT2D eigenvalue weighted by atomic mass is 10.1. The van der Waals surface area contributed by atoms with Gasteiger partial charge in [-0.2, -0.15) is 5.10 Å². The van der Waals surface area contributed by atoms with Gasteiger partial charge in [0.1, 0.15) is 18.4 Å². The lowest BCUT2D eigenvalue weighted by Crippen LogP contribution is -2.51. The van der Waals surface area contributed by atoms with E-state index in [1.54, 1.807) is 11.5 Å². The van der Waals surface area contributed by atoms with Crippen molar-refractivity contribution in [1.82, 2.24) is 25.0 Å². The average Bonchev–Trinajstić information content (AvgIpc) is 2.89. The summed E-state index contributed by atoms with van der Waals surface area (Å²) >= 11 is 0. The number of carbonyl (C=O) groups is 2. The van der Waals surface area contributed by atoms with Crippen LogP contribution in [0.25, 0.3) is 0 Å². The number of carbonyl (C=O) groups excluding carboxylic acids is 2. The molecule has 0 radical (unpaired) electrons. The monoisotopic (exact) mass is 357 g/mol. The van der Waals surface area contributed by atoms with E-state index < -0.39 is 6.04 Å². The van der Waals surface area contributed by atoms with Crippen LogP contribution in [-0.4, -0.2) is 38.7 Å². The standard InChI is InChI=1S/C18H23N5O3/c1-13-21-23(12-16(24)20-15-8-5-10-19-17(15)25)18(26)22(13)11-9-14-6-3-2-4-7-14/h2-4,6-7,15H,5,8-12H2,1H3,(H,19,25)(H,20,24). The Balaban J connectivity index is 1.62. The summed E-state index contributed by atoms with van der Waals surface area (Å²) in [5, 5.41) is 9.57. The van der Waals surface area contributed by atoms with E-state index in [1.165, 1.54) is 0 Å². The molecule has 2 heterocycles. The van der Waals surface area contributed by atoms with Gasteiger partial charge in [0.25, 0.3) is 0 Å². The molecule has 1 aliphatic rings. The quantitative estimate of drug-likeness (QED) is 0.760. The molecule has 0 saturated carbocycles. The summed E-state index contributed by atoms with van der Waals surface area (Å²) in [6, 6.07) is 9.35. The predicted octanol–water partition coefficient (Wildman–Crippen LogP) is -0.00928. The first-order chi connectivity index (χ1) is 12.5. The highest BCUT2D eigenvalue weighted by Gasteiger charge is 2.24. The van der Waals surface area contributed by atoms with Crippen LogP contribution < -0.4 is 16.3 Å². The molecule has 138 valence electrons. The van der Waals surface area contributed by atoms with Crippen molar-refractivity contribution in [3.05, 3.63) is 52.2 Å². The number of benzene rings is 1. The molecule has 1 fully saturated rings. The van der Waals surface area contributed by atoms with E-state index in [0.717, 1.165) is 16.7 Å². The normalized spacial score (nSPS) is 17.0. The van der Waals surface area contributed by atoms with Crippen LogP contribution in [0, 0.1) is 6.92 Å². The first-order valence-electron chi connectivity index (χ1n) is 8.80. The van der Waals surface area contributed by atoms with Gasteiger partial charge in [0.2, 0.25) is 11.8 Å².